The number of carbonyl (C=O) groups excluding carboxylic acids is 2. The van der Waals surface area contributed by atoms with E-state index < -0.39 is 6.04 Å². The summed E-state index contributed by atoms with van der Waals surface area (Å²) in [4.78, 5) is 27.2. The predicted octanol–water partition coefficient (Wildman–Crippen LogP) is 2.78. The fourth-order valence-electron chi connectivity index (χ4n) is 4.05. The van der Waals surface area contributed by atoms with Crippen LogP contribution in [0, 0.1) is 5.92 Å². The number of nitrogens with zero attached hydrogens (tertiary/aromatic N) is 1. The molecule has 0 bridgehead atoms. The number of nitrogens with two attached hydrogens (primary N) is 1. The minimum Gasteiger partial charge on any atom is -0.493 e. The number of rotatable bonds is 11. The average molecular weight is 482 g/mol. The minimum absolute atomic E-state index is 0.0920. The van der Waals surface area contributed by atoms with Crippen molar-refractivity contribution in [3.63, 3.8) is 0 Å². The number of benzene rings is 2. The van der Waals surface area contributed by atoms with Crippen LogP contribution in [-0.2, 0) is 9.59 Å². The summed E-state index contributed by atoms with van der Waals surface area (Å²) in [5.41, 5.74) is 5.47. The molecular formula is C27H35N3O5. The Morgan fingerprint density at radius 3 is 2.46 bits per heavy atom. The van der Waals surface area contributed by atoms with Crippen molar-refractivity contribution in [2.45, 2.75) is 38.5 Å². The first-order valence-electron chi connectivity index (χ1n) is 11.9. The lowest BCUT2D eigenvalue weighted by Gasteiger charge is -2.29. The van der Waals surface area contributed by atoms with Gasteiger partial charge >= 0.3 is 0 Å². The first-order chi connectivity index (χ1) is 16.9. The van der Waals surface area contributed by atoms with Crippen molar-refractivity contribution >= 4 is 11.8 Å². The fourth-order valence-corrected chi connectivity index (χ4v) is 4.05. The molecule has 3 atom stereocenters. The Labute approximate surface area is 207 Å². The summed E-state index contributed by atoms with van der Waals surface area (Å²) in [5.74, 6) is 1.46. The molecule has 8 nitrogen and oxygen atoms in total. The third-order valence-electron chi connectivity index (χ3n) is 5.83. The molecule has 1 aliphatic heterocycles. The van der Waals surface area contributed by atoms with Gasteiger partial charge in [0.15, 0.2) is 11.5 Å². The Morgan fingerprint density at radius 1 is 1.11 bits per heavy atom. The zero-order valence-corrected chi connectivity index (χ0v) is 20.6. The molecule has 1 saturated heterocycles. The maximum absolute atomic E-state index is 13.5. The maximum atomic E-state index is 13.5. The third kappa shape index (κ3) is 7.23. The van der Waals surface area contributed by atoms with Gasteiger partial charge in [0.2, 0.25) is 11.8 Å². The molecule has 188 valence electrons. The number of amides is 2. The lowest BCUT2D eigenvalue weighted by atomic mass is 10.0. The Hall–Kier alpha value is -3.52. The Bertz CT molecular complexity index is 995. The van der Waals surface area contributed by atoms with Crippen molar-refractivity contribution in [2.24, 2.45) is 11.7 Å². The lowest BCUT2D eigenvalue weighted by Crippen LogP contribution is -2.53. The van der Waals surface area contributed by atoms with E-state index in [1.165, 1.54) is 0 Å². The summed E-state index contributed by atoms with van der Waals surface area (Å²) < 4.78 is 17.3. The van der Waals surface area contributed by atoms with E-state index >= 15 is 0 Å². The summed E-state index contributed by atoms with van der Waals surface area (Å²) in [7, 11) is 1.60. The van der Waals surface area contributed by atoms with E-state index in [1.54, 1.807) is 12.0 Å². The summed E-state index contributed by atoms with van der Waals surface area (Å²) >= 11 is 0. The van der Waals surface area contributed by atoms with E-state index in [0.717, 1.165) is 5.75 Å². The second-order valence-electron chi connectivity index (χ2n) is 8.73. The Morgan fingerprint density at radius 2 is 1.80 bits per heavy atom. The molecule has 2 aromatic rings. The average Bonchev–Trinajstić information content (AvgIpc) is 3.27. The smallest absolute Gasteiger partial charge is 0.246 e. The van der Waals surface area contributed by atoms with E-state index in [9.17, 15) is 9.59 Å². The first-order valence-corrected chi connectivity index (χ1v) is 11.9. The number of ether oxygens (including phenoxy) is 3. The highest BCUT2D eigenvalue weighted by molar-refractivity contribution is 5.89. The summed E-state index contributed by atoms with van der Waals surface area (Å²) in [6, 6.07) is 16.1. The van der Waals surface area contributed by atoms with E-state index in [1.807, 2.05) is 80.6 Å². The number of nitrogens with one attached hydrogen (secondary N) is 1. The minimum atomic E-state index is -0.665. The number of hydrogen-bond acceptors (Lipinski definition) is 6. The highest BCUT2D eigenvalue weighted by atomic mass is 16.5. The molecule has 3 N–H and O–H groups in total. The molecule has 3 rings (SSSR count). The van der Waals surface area contributed by atoms with Crippen LogP contribution in [0.5, 0.6) is 17.2 Å². The normalized spacial score (nSPS) is 18.5. The molecule has 2 amide bonds. The van der Waals surface area contributed by atoms with Gasteiger partial charge in [-0.1, -0.05) is 50.3 Å². The molecule has 0 spiro atoms. The van der Waals surface area contributed by atoms with Gasteiger partial charge in [0.25, 0.3) is 0 Å². The topological polar surface area (TPSA) is 103 Å². The number of methoxy groups -OCH3 is 1. The molecule has 0 saturated carbocycles. The second kappa shape index (κ2) is 12.8. The van der Waals surface area contributed by atoms with E-state index in [0.29, 0.717) is 31.1 Å². The zero-order valence-electron chi connectivity index (χ0n) is 20.6. The van der Waals surface area contributed by atoms with Gasteiger partial charge < -0.3 is 30.2 Å². The molecule has 0 aromatic heterocycles. The van der Waals surface area contributed by atoms with Gasteiger partial charge in [-0.25, -0.2) is 0 Å². The quantitative estimate of drug-likeness (QED) is 0.479. The van der Waals surface area contributed by atoms with Gasteiger partial charge in [0, 0.05) is 6.42 Å². The van der Waals surface area contributed by atoms with Crippen molar-refractivity contribution in [1.29, 1.82) is 0 Å². The van der Waals surface area contributed by atoms with Crippen LogP contribution < -0.4 is 25.3 Å². The molecule has 0 unspecified atom stereocenters. The van der Waals surface area contributed by atoms with Gasteiger partial charge in [-0.15, -0.1) is 0 Å². The number of para-hydroxylation sites is 3. The highest BCUT2D eigenvalue weighted by Gasteiger charge is 2.39. The summed E-state index contributed by atoms with van der Waals surface area (Å²) in [5, 5.41) is 2.77. The standard InChI is InChI=1S/C27H35N3O5/c1-19(2)26(29-25(31)17-28)27(32)30-18-22(35-21-11-5-4-6-12-21)16-20(30)10-9-15-34-24-14-8-7-13-23(24)33-3/h4-14,19-20,22,26H,15-18,28H2,1-3H3,(H,29,31)/b10-9+/t20-,22+,26+/m1/s1. The van der Waals surface area contributed by atoms with Gasteiger partial charge in [0.1, 0.15) is 24.5 Å². The monoisotopic (exact) mass is 481 g/mol. The second-order valence-corrected chi connectivity index (χ2v) is 8.73. The maximum Gasteiger partial charge on any atom is 0.246 e. The molecular weight excluding hydrogens is 446 g/mol. The van der Waals surface area contributed by atoms with Crippen LogP contribution in [0.3, 0.4) is 0 Å². The van der Waals surface area contributed by atoms with Crippen molar-refractivity contribution in [1.82, 2.24) is 10.2 Å². The van der Waals surface area contributed by atoms with Crippen LogP contribution in [0.15, 0.2) is 66.7 Å². The SMILES string of the molecule is COc1ccccc1OC/C=C/[C@@H]1C[C@H](Oc2ccccc2)CN1C(=O)[C@@H](NC(=O)CN)C(C)C. The van der Waals surface area contributed by atoms with Crippen LogP contribution in [0.4, 0.5) is 0 Å². The van der Waals surface area contributed by atoms with Gasteiger partial charge in [-0.2, -0.15) is 0 Å². The van der Waals surface area contributed by atoms with E-state index in [2.05, 4.69) is 5.32 Å². The van der Waals surface area contributed by atoms with Gasteiger partial charge in [-0.05, 0) is 36.3 Å². The van der Waals surface area contributed by atoms with E-state index in [4.69, 9.17) is 19.9 Å². The predicted molar refractivity (Wildman–Crippen MR) is 134 cm³/mol. The molecule has 0 radical (unpaired) electrons. The Kier molecular flexibility index (Phi) is 9.55. The lowest BCUT2D eigenvalue weighted by molar-refractivity contribution is -0.137. The molecule has 1 aliphatic rings. The highest BCUT2D eigenvalue weighted by Crippen LogP contribution is 2.27. The van der Waals surface area contributed by atoms with Crippen molar-refractivity contribution in [3.05, 3.63) is 66.7 Å². The first kappa shape index (κ1) is 26.1. The van der Waals surface area contributed by atoms with Crippen LogP contribution in [0.2, 0.25) is 0 Å². The van der Waals surface area contributed by atoms with Crippen molar-refractivity contribution in [3.8, 4) is 17.2 Å². The third-order valence-corrected chi connectivity index (χ3v) is 5.83. The van der Waals surface area contributed by atoms with Crippen LogP contribution in [0.25, 0.3) is 0 Å². The van der Waals surface area contributed by atoms with Crippen molar-refractivity contribution in [2.75, 3.05) is 26.8 Å². The molecule has 1 fully saturated rings. The fraction of sp³-hybridized carbons (Fsp3) is 0.407. The van der Waals surface area contributed by atoms with Crippen LogP contribution in [-0.4, -0.2) is 61.7 Å². The number of carbonyl (C=O) groups is 2. The summed E-state index contributed by atoms with van der Waals surface area (Å²) in [6.07, 6.45) is 4.31. The molecule has 1 heterocycles. The number of hydrogen-bond donors (Lipinski definition) is 2. The van der Waals surface area contributed by atoms with Gasteiger partial charge in [0.05, 0.1) is 26.2 Å². The molecule has 8 heteroatoms. The summed E-state index contributed by atoms with van der Waals surface area (Å²) in [6.45, 7) is 4.37. The van der Waals surface area contributed by atoms with Crippen LogP contribution >= 0.6 is 0 Å². The molecule has 2 aromatic carbocycles. The van der Waals surface area contributed by atoms with Crippen molar-refractivity contribution < 1.29 is 23.8 Å². The van der Waals surface area contributed by atoms with Crippen LogP contribution in [0.1, 0.15) is 20.3 Å². The van der Waals surface area contributed by atoms with E-state index in [-0.39, 0.29) is 36.4 Å². The largest absolute Gasteiger partial charge is 0.493 e. The zero-order chi connectivity index (χ0) is 25.2. The number of likely N-dealkylation sites (tertiary alicyclic amines) is 1. The molecule has 0 aliphatic carbocycles. The van der Waals surface area contributed by atoms with Gasteiger partial charge in [-0.3, -0.25) is 9.59 Å². The Balaban J connectivity index is 1.73. The molecule has 35 heavy (non-hydrogen) atoms.